The van der Waals surface area contributed by atoms with Gasteiger partial charge in [0.05, 0.1) is 23.4 Å². The molecule has 0 aliphatic rings. The molecule has 4 aromatic rings. The van der Waals surface area contributed by atoms with Gasteiger partial charge in [0.2, 0.25) is 0 Å². The largest absolute Gasteiger partial charge is 0.256 e. The van der Waals surface area contributed by atoms with E-state index in [4.69, 9.17) is 0 Å². The van der Waals surface area contributed by atoms with Gasteiger partial charge in [-0.05, 0) is 33.4 Å². The number of benzene rings is 2. The molecule has 0 bridgehead atoms. The minimum Gasteiger partial charge on any atom is -0.256 e. The Bertz CT molecular complexity index is 956. The van der Waals surface area contributed by atoms with Crippen molar-refractivity contribution < 1.29 is 21.1 Å². The van der Waals surface area contributed by atoms with Crippen LogP contribution in [0, 0.1) is 0 Å². The smallest absolute Gasteiger partial charge is 0.0802 e. The first-order valence-corrected chi connectivity index (χ1v) is 15.1. The molecule has 0 saturated carbocycles. The van der Waals surface area contributed by atoms with E-state index in [-0.39, 0.29) is 36.9 Å². The van der Waals surface area contributed by atoms with Crippen LogP contribution in [0.4, 0.5) is 0 Å². The molecular weight excluding hydrogens is 561 g/mol. The SMILES string of the molecule is C[PH+](C)CCC[PH+](C)C.[Pt].c1cnc2c(c1)ccc1ccc3cccnc3c12. The number of hydrogen-bond donors (Lipinski definition) is 0. The summed E-state index contributed by atoms with van der Waals surface area (Å²) in [6.45, 7) is 9.62. The van der Waals surface area contributed by atoms with Crippen LogP contribution in [0.3, 0.4) is 0 Å². The first kappa shape index (κ1) is 23.3. The summed E-state index contributed by atoms with van der Waals surface area (Å²) in [6.07, 6.45) is 8.23. The van der Waals surface area contributed by atoms with Crippen molar-refractivity contribution in [1.82, 2.24) is 9.97 Å². The summed E-state index contributed by atoms with van der Waals surface area (Å²) in [5, 5.41) is 4.64. The topological polar surface area (TPSA) is 25.8 Å². The molecule has 28 heavy (non-hydrogen) atoms. The van der Waals surface area contributed by atoms with E-state index < -0.39 is 0 Å². The van der Waals surface area contributed by atoms with Crippen LogP contribution < -0.4 is 0 Å². The van der Waals surface area contributed by atoms with Crippen molar-refractivity contribution in [2.24, 2.45) is 0 Å². The van der Waals surface area contributed by atoms with Crippen molar-refractivity contribution >= 4 is 48.4 Å². The molecule has 0 unspecified atom stereocenters. The van der Waals surface area contributed by atoms with Crippen molar-refractivity contribution in [2.75, 3.05) is 39.0 Å². The average molecular weight is 592 g/mol. The molecule has 0 amide bonds. The Morgan fingerprint density at radius 1 is 0.643 bits per heavy atom. The van der Waals surface area contributed by atoms with Gasteiger partial charge in [-0.3, -0.25) is 9.97 Å². The monoisotopic (exact) mass is 591 g/mol. The molecule has 0 aliphatic carbocycles. The molecule has 2 heterocycles. The molecule has 2 aromatic heterocycles. The van der Waals surface area contributed by atoms with E-state index in [0.717, 1.165) is 27.2 Å². The van der Waals surface area contributed by atoms with E-state index in [1.807, 2.05) is 24.5 Å². The van der Waals surface area contributed by atoms with Crippen molar-refractivity contribution in [3.8, 4) is 0 Å². The summed E-state index contributed by atoms with van der Waals surface area (Å²) in [6, 6.07) is 16.6. The maximum Gasteiger partial charge on any atom is 0.0802 e. The van der Waals surface area contributed by atoms with Gasteiger partial charge in [0.15, 0.2) is 0 Å². The van der Waals surface area contributed by atoms with Gasteiger partial charge in [-0.25, -0.2) is 0 Å². The van der Waals surface area contributed by atoms with Gasteiger partial charge in [-0.15, -0.1) is 0 Å². The standard InChI is InChI=1S/C16H10N2.C7H18P2.Pt/c1-3-12-7-5-11-6-8-13-4-2-10-18-16(13)14(11)15(12)17-9-1;1-8(2)6-5-7-9(3)4;/h1-10H;5-7H2,1-4H3;/p+2. The normalized spacial score (nSPS) is 10.9. The van der Waals surface area contributed by atoms with Crippen molar-refractivity contribution in [3.05, 3.63) is 60.9 Å². The molecule has 0 atom stereocenters. The molecule has 0 spiro atoms. The second kappa shape index (κ2) is 11.3. The van der Waals surface area contributed by atoms with E-state index >= 15 is 0 Å². The van der Waals surface area contributed by atoms with Crippen LogP contribution in [-0.2, 0) is 21.1 Å². The Labute approximate surface area is 185 Å². The molecule has 2 nitrogen and oxygen atoms in total. The zero-order valence-corrected chi connectivity index (χ0v) is 21.4. The zero-order chi connectivity index (χ0) is 19.2. The van der Waals surface area contributed by atoms with Crippen LogP contribution in [0.5, 0.6) is 0 Å². The van der Waals surface area contributed by atoms with Crippen LogP contribution in [0.15, 0.2) is 60.9 Å². The predicted octanol–water partition coefficient (Wildman–Crippen LogP) is 6.26. The molecular formula is C23H30N2P2Pt+2. The van der Waals surface area contributed by atoms with Crippen molar-refractivity contribution in [2.45, 2.75) is 6.42 Å². The molecule has 0 fully saturated rings. The van der Waals surface area contributed by atoms with E-state index in [2.05, 4.69) is 73.0 Å². The molecule has 0 aliphatic heterocycles. The zero-order valence-electron chi connectivity index (χ0n) is 17.1. The predicted molar refractivity (Wildman–Crippen MR) is 129 cm³/mol. The molecule has 4 rings (SSSR count). The Hall–Kier alpha value is -0.932. The van der Waals surface area contributed by atoms with Gasteiger partial charge in [-0.2, -0.15) is 0 Å². The fraction of sp³-hybridized carbons (Fsp3) is 0.304. The van der Waals surface area contributed by atoms with Crippen LogP contribution in [0.1, 0.15) is 6.42 Å². The van der Waals surface area contributed by atoms with Crippen LogP contribution in [0.25, 0.3) is 32.6 Å². The summed E-state index contributed by atoms with van der Waals surface area (Å²) in [5.41, 5.74) is 2.05. The Kier molecular flexibility index (Phi) is 9.43. The second-order valence-electron chi connectivity index (χ2n) is 7.65. The van der Waals surface area contributed by atoms with Gasteiger partial charge in [0, 0.05) is 82.7 Å². The minimum atomic E-state index is 0. The maximum atomic E-state index is 4.52. The molecule has 0 saturated heterocycles. The summed E-state index contributed by atoms with van der Waals surface area (Å²) in [5.74, 6) is 0. The van der Waals surface area contributed by atoms with E-state index in [1.54, 1.807) is 0 Å². The summed E-state index contributed by atoms with van der Waals surface area (Å²) < 4.78 is 0. The van der Waals surface area contributed by atoms with Gasteiger partial charge in [0.25, 0.3) is 0 Å². The van der Waals surface area contributed by atoms with Crippen LogP contribution >= 0.6 is 15.8 Å². The summed E-state index contributed by atoms with van der Waals surface area (Å²) in [4.78, 5) is 9.04. The quantitative estimate of drug-likeness (QED) is 0.207. The molecule has 2 aromatic carbocycles. The van der Waals surface area contributed by atoms with Crippen LogP contribution in [0.2, 0.25) is 0 Å². The first-order valence-electron chi connectivity index (χ1n) is 9.65. The van der Waals surface area contributed by atoms with Crippen molar-refractivity contribution in [1.29, 1.82) is 0 Å². The summed E-state index contributed by atoms with van der Waals surface area (Å²) >= 11 is 0. The maximum absolute atomic E-state index is 4.52. The number of hydrogen-bond acceptors (Lipinski definition) is 2. The Balaban J connectivity index is 0.000000244. The van der Waals surface area contributed by atoms with E-state index in [0.29, 0.717) is 0 Å². The third-order valence-corrected chi connectivity index (χ3v) is 7.39. The fourth-order valence-corrected chi connectivity index (χ4v) is 5.41. The van der Waals surface area contributed by atoms with Gasteiger partial charge in [0.1, 0.15) is 0 Å². The molecule has 150 valence electrons. The van der Waals surface area contributed by atoms with Gasteiger partial charge in [-0.1, -0.05) is 36.4 Å². The second-order valence-corrected chi connectivity index (χ2v) is 13.5. The number of pyridine rings is 2. The number of fused-ring (bicyclic) bond motifs is 5. The average Bonchev–Trinajstić information content (AvgIpc) is 2.67. The molecule has 5 heteroatoms. The van der Waals surface area contributed by atoms with Crippen LogP contribution in [-0.4, -0.2) is 49.0 Å². The number of nitrogens with zero attached hydrogens (tertiary/aromatic N) is 2. The van der Waals surface area contributed by atoms with Gasteiger partial charge >= 0.3 is 0 Å². The number of aromatic nitrogens is 2. The van der Waals surface area contributed by atoms with Crippen molar-refractivity contribution in [3.63, 3.8) is 0 Å². The Morgan fingerprint density at radius 2 is 1.07 bits per heavy atom. The Morgan fingerprint density at radius 3 is 1.50 bits per heavy atom. The molecule has 0 N–H and O–H groups in total. The number of rotatable bonds is 4. The summed E-state index contributed by atoms with van der Waals surface area (Å²) in [7, 11) is 0.172. The minimum absolute atomic E-state index is 0. The van der Waals surface area contributed by atoms with E-state index in [9.17, 15) is 0 Å². The third-order valence-electron chi connectivity index (χ3n) is 4.68. The third kappa shape index (κ3) is 6.03. The molecule has 0 radical (unpaired) electrons. The van der Waals surface area contributed by atoms with E-state index in [1.165, 1.54) is 24.1 Å². The first-order chi connectivity index (χ1) is 13.1. The fourth-order valence-electron chi connectivity index (χ4n) is 3.28. The van der Waals surface area contributed by atoms with Gasteiger partial charge < -0.3 is 0 Å².